The van der Waals surface area contributed by atoms with Gasteiger partial charge in [0.2, 0.25) is 5.92 Å². The Morgan fingerprint density at radius 3 is 2.21 bits per heavy atom. The summed E-state index contributed by atoms with van der Waals surface area (Å²) in [6.07, 6.45) is -2.54. The molecule has 3 amide bonds. The number of aromatic amines is 1. The molecule has 1 aromatic carbocycles. The number of aliphatic hydroxyl groups is 1. The first kappa shape index (κ1) is 33.1. The first-order chi connectivity index (χ1) is 19.4. The number of aliphatic hydroxyl groups excluding tert-OH is 1. The van der Waals surface area contributed by atoms with Gasteiger partial charge in [-0.25, -0.2) is 18.4 Å². The standard InChI is InChI=1S/C30H44F2N4O6/c1-28(2,3)41-26(39)33-16-13-22(37)21(36-27(40)42-29(4,5)6)17-34-25(38)24-23(18-11-14-30(31,32)15-12-18)19-9-7-8-10-20(19)35-24/h7-10,18,21-22,35,37H,11-17H2,1-6H3,(H,33,39)(H,34,38)(H,36,40)/t21-,22?/m0/s1. The fraction of sp³-hybridized carbons (Fsp3) is 0.633. The zero-order chi connectivity index (χ0) is 31.3. The lowest BCUT2D eigenvalue weighted by Gasteiger charge is -2.29. The van der Waals surface area contributed by atoms with Crippen molar-refractivity contribution in [2.24, 2.45) is 0 Å². The Morgan fingerprint density at radius 2 is 1.60 bits per heavy atom. The number of alkyl halides is 2. The smallest absolute Gasteiger partial charge is 0.408 e. The third kappa shape index (κ3) is 9.85. The van der Waals surface area contributed by atoms with Crippen LogP contribution in [0.5, 0.6) is 0 Å². The van der Waals surface area contributed by atoms with E-state index in [1.54, 1.807) is 41.5 Å². The van der Waals surface area contributed by atoms with Crippen molar-refractivity contribution in [2.75, 3.05) is 13.1 Å². The van der Waals surface area contributed by atoms with Crippen molar-refractivity contribution in [3.63, 3.8) is 0 Å². The van der Waals surface area contributed by atoms with Crippen LogP contribution in [0.4, 0.5) is 18.4 Å². The van der Waals surface area contributed by atoms with Crippen LogP contribution in [0, 0.1) is 0 Å². The molecule has 0 aliphatic heterocycles. The minimum atomic E-state index is -2.71. The van der Waals surface area contributed by atoms with Gasteiger partial charge in [0.05, 0.1) is 12.1 Å². The Hall–Kier alpha value is -3.41. The third-order valence-electron chi connectivity index (χ3n) is 6.86. The summed E-state index contributed by atoms with van der Waals surface area (Å²) in [6, 6.07) is 6.37. The van der Waals surface area contributed by atoms with Crippen LogP contribution in [-0.4, -0.2) is 70.5 Å². The lowest BCUT2D eigenvalue weighted by atomic mass is 9.81. The average molecular weight is 595 g/mol. The van der Waals surface area contributed by atoms with Gasteiger partial charge in [0, 0.05) is 36.8 Å². The van der Waals surface area contributed by atoms with Crippen molar-refractivity contribution in [1.82, 2.24) is 20.9 Å². The Bertz CT molecular complexity index is 1240. The van der Waals surface area contributed by atoms with Crippen LogP contribution in [0.3, 0.4) is 0 Å². The number of H-pyrrole nitrogens is 1. The minimum Gasteiger partial charge on any atom is -0.444 e. The van der Waals surface area contributed by atoms with Gasteiger partial charge < -0.3 is 35.5 Å². The number of amides is 3. The van der Waals surface area contributed by atoms with E-state index in [2.05, 4.69) is 20.9 Å². The number of hydrogen-bond acceptors (Lipinski definition) is 6. The van der Waals surface area contributed by atoms with E-state index in [0.29, 0.717) is 11.1 Å². The van der Waals surface area contributed by atoms with Gasteiger partial charge in [-0.1, -0.05) is 18.2 Å². The van der Waals surface area contributed by atoms with Gasteiger partial charge in [0.15, 0.2) is 0 Å². The molecule has 2 aromatic rings. The molecule has 3 rings (SSSR count). The highest BCUT2D eigenvalue weighted by Crippen LogP contribution is 2.44. The molecule has 0 saturated heterocycles. The molecule has 1 saturated carbocycles. The number of carbonyl (C=O) groups excluding carboxylic acids is 3. The van der Waals surface area contributed by atoms with Crippen molar-refractivity contribution in [3.8, 4) is 0 Å². The molecule has 10 nitrogen and oxygen atoms in total. The van der Waals surface area contributed by atoms with Crippen molar-refractivity contribution in [2.45, 2.75) is 109 Å². The lowest BCUT2D eigenvalue weighted by molar-refractivity contribution is -0.0381. The summed E-state index contributed by atoms with van der Waals surface area (Å²) in [6.45, 7) is 10.2. The number of halogens is 2. The van der Waals surface area contributed by atoms with E-state index in [0.717, 1.165) is 5.39 Å². The normalized spacial score (nSPS) is 17.3. The summed E-state index contributed by atoms with van der Waals surface area (Å²) >= 11 is 0. The molecule has 1 unspecified atom stereocenters. The second kappa shape index (κ2) is 13.3. The maximum absolute atomic E-state index is 13.9. The van der Waals surface area contributed by atoms with Gasteiger partial charge in [0.1, 0.15) is 16.9 Å². The van der Waals surface area contributed by atoms with Crippen molar-refractivity contribution < 1.29 is 37.7 Å². The largest absolute Gasteiger partial charge is 0.444 e. The predicted octanol–water partition coefficient (Wildman–Crippen LogP) is 5.36. The molecule has 1 aliphatic carbocycles. The lowest BCUT2D eigenvalue weighted by Crippen LogP contribution is -2.52. The number of para-hydroxylation sites is 1. The zero-order valence-electron chi connectivity index (χ0n) is 25.2. The Labute approximate surface area is 245 Å². The summed E-state index contributed by atoms with van der Waals surface area (Å²) in [5, 5.41) is 19.7. The first-order valence-electron chi connectivity index (χ1n) is 14.4. The number of alkyl carbamates (subject to hydrolysis) is 2. The van der Waals surface area contributed by atoms with Crippen LogP contribution in [-0.2, 0) is 9.47 Å². The van der Waals surface area contributed by atoms with E-state index in [9.17, 15) is 28.3 Å². The molecular formula is C30H44F2N4O6. The fourth-order valence-corrected chi connectivity index (χ4v) is 4.97. The third-order valence-corrected chi connectivity index (χ3v) is 6.86. The van der Waals surface area contributed by atoms with Gasteiger partial charge in [-0.15, -0.1) is 0 Å². The van der Waals surface area contributed by atoms with E-state index < -0.39 is 47.4 Å². The average Bonchev–Trinajstić information content (AvgIpc) is 3.24. The molecule has 5 N–H and O–H groups in total. The molecule has 12 heteroatoms. The Kier molecular flexibility index (Phi) is 10.5. The maximum Gasteiger partial charge on any atom is 0.408 e. The van der Waals surface area contributed by atoms with E-state index in [1.807, 2.05) is 24.3 Å². The summed E-state index contributed by atoms with van der Waals surface area (Å²) in [5.41, 5.74) is 0.192. The van der Waals surface area contributed by atoms with Crippen LogP contribution in [0.2, 0.25) is 0 Å². The molecule has 0 spiro atoms. The molecule has 42 heavy (non-hydrogen) atoms. The molecule has 1 fully saturated rings. The highest BCUT2D eigenvalue weighted by atomic mass is 19.3. The van der Waals surface area contributed by atoms with E-state index >= 15 is 0 Å². The molecule has 234 valence electrons. The Balaban J connectivity index is 1.74. The summed E-state index contributed by atoms with van der Waals surface area (Å²) < 4.78 is 38.3. The number of fused-ring (bicyclic) bond motifs is 1. The van der Waals surface area contributed by atoms with E-state index in [-0.39, 0.29) is 56.8 Å². The highest BCUT2D eigenvalue weighted by molar-refractivity contribution is 6.01. The van der Waals surface area contributed by atoms with Crippen LogP contribution in [0.15, 0.2) is 24.3 Å². The van der Waals surface area contributed by atoms with E-state index in [1.165, 1.54) is 0 Å². The number of hydrogen-bond donors (Lipinski definition) is 5. The predicted molar refractivity (Wildman–Crippen MR) is 155 cm³/mol. The molecule has 1 aromatic heterocycles. The number of benzene rings is 1. The van der Waals surface area contributed by atoms with Gasteiger partial charge >= 0.3 is 12.2 Å². The number of aromatic nitrogens is 1. The minimum absolute atomic E-state index is 0.0451. The molecule has 2 atom stereocenters. The topological polar surface area (TPSA) is 142 Å². The Morgan fingerprint density at radius 1 is 1.00 bits per heavy atom. The van der Waals surface area contributed by atoms with Gasteiger partial charge in [0.25, 0.3) is 5.91 Å². The quantitative estimate of drug-likeness (QED) is 0.265. The van der Waals surface area contributed by atoms with Crippen LogP contribution < -0.4 is 16.0 Å². The second-order valence-corrected chi connectivity index (χ2v) is 12.8. The van der Waals surface area contributed by atoms with E-state index in [4.69, 9.17) is 9.47 Å². The number of carbonyl (C=O) groups is 3. The number of ether oxygens (including phenoxy) is 2. The molecular weight excluding hydrogens is 550 g/mol. The fourth-order valence-electron chi connectivity index (χ4n) is 4.97. The van der Waals surface area contributed by atoms with Crippen molar-refractivity contribution >= 4 is 29.0 Å². The maximum atomic E-state index is 13.9. The summed E-state index contributed by atoms with van der Waals surface area (Å²) in [4.78, 5) is 41.2. The number of rotatable bonds is 9. The SMILES string of the molecule is CC(C)(C)OC(=O)NCCC(O)[C@H](CNC(=O)c1[nH]c2ccccc2c1C1CCC(F)(F)CC1)NC(=O)OC(C)(C)C. The van der Waals surface area contributed by atoms with Crippen molar-refractivity contribution in [3.05, 3.63) is 35.5 Å². The van der Waals surface area contributed by atoms with Gasteiger partial charge in [-0.3, -0.25) is 4.79 Å². The highest BCUT2D eigenvalue weighted by Gasteiger charge is 2.38. The monoisotopic (exact) mass is 594 g/mol. The van der Waals surface area contributed by atoms with Gasteiger partial charge in [-0.05, 0) is 78.4 Å². The second-order valence-electron chi connectivity index (χ2n) is 12.8. The summed E-state index contributed by atoms with van der Waals surface area (Å²) in [5.74, 6) is -3.42. The molecule has 0 bridgehead atoms. The first-order valence-corrected chi connectivity index (χ1v) is 14.4. The van der Waals surface area contributed by atoms with Crippen LogP contribution in [0.25, 0.3) is 10.9 Å². The molecule has 0 radical (unpaired) electrons. The summed E-state index contributed by atoms with van der Waals surface area (Å²) in [7, 11) is 0. The van der Waals surface area contributed by atoms with Crippen molar-refractivity contribution in [1.29, 1.82) is 0 Å². The van der Waals surface area contributed by atoms with Gasteiger partial charge in [-0.2, -0.15) is 0 Å². The van der Waals surface area contributed by atoms with Crippen LogP contribution in [0.1, 0.15) is 95.6 Å². The zero-order valence-corrected chi connectivity index (χ0v) is 25.2. The number of nitrogens with one attached hydrogen (secondary N) is 4. The van der Waals surface area contributed by atoms with Crippen LogP contribution >= 0.6 is 0 Å². The molecule has 1 heterocycles. The molecule has 1 aliphatic rings.